The normalized spacial score (nSPS) is 11.2. The topological polar surface area (TPSA) is 141 Å². The quantitative estimate of drug-likeness (QED) is 0.111. The molecule has 0 aliphatic heterocycles. The zero-order valence-electron chi connectivity index (χ0n) is 33.3. The molecule has 3 heterocycles. The van der Waals surface area contributed by atoms with Gasteiger partial charge in [0.1, 0.15) is 5.58 Å². The number of benzene rings is 5. The molecule has 2 amide bonds. The molecule has 0 fully saturated rings. The number of hydrogen-bond acceptors (Lipinski definition) is 9. The lowest BCUT2D eigenvalue weighted by Crippen LogP contribution is -2.25. The van der Waals surface area contributed by atoms with E-state index in [1.807, 2.05) is 47.3 Å². The van der Waals surface area contributed by atoms with Crippen LogP contribution in [0.15, 0.2) is 149 Å². The van der Waals surface area contributed by atoms with Gasteiger partial charge in [-0.05, 0) is 84.1 Å². The van der Waals surface area contributed by atoms with Crippen molar-refractivity contribution in [3.05, 3.63) is 184 Å². The number of aromatic nitrogens is 3. The van der Waals surface area contributed by atoms with Crippen LogP contribution >= 0.6 is 0 Å². The van der Waals surface area contributed by atoms with Crippen molar-refractivity contribution in [2.24, 2.45) is 0 Å². The summed E-state index contributed by atoms with van der Waals surface area (Å²) in [4.78, 5) is 51.3. The highest BCUT2D eigenvalue weighted by atomic mass is 16.5. The SMILES string of the molecule is COc1cc(NC(=O)c2cc(=O)c3ccccc3o2)c(C(=O)Nc2ccc(CCN(Cc3cccc(-n4ccnc4)c3)Cc3ccc(C)c4ncccc34)cc2)cc1OC. The molecule has 0 saturated heterocycles. The summed E-state index contributed by atoms with van der Waals surface area (Å²) in [6.07, 6.45) is 8.11. The molecule has 0 bridgehead atoms. The Morgan fingerprint density at radius 2 is 1.57 bits per heavy atom. The van der Waals surface area contributed by atoms with Crippen molar-refractivity contribution in [1.29, 1.82) is 0 Å². The molecule has 12 nitrogen and oxygen atoms in total. The van der Waals surface area contributed by atoms with E-state index in [9.17, 15) is 14.4 Å². The number of carbonyl (C=O) groups is 2. The number of imidazole rings is 1. The van der Waals surface area contributed by atoms with E-state index in [-0.39, 0.29) is 28.0 Å². The van der Waals surface area contributed by atoms with Crippen molar-refractivity contribution >= 4 is 45.1 Å². The monoisotopic (exact) mass is 798 g/mol. The molecule has 300 valence electrons. The standard InChI is InChI=1S/C48H42N6O6/c1-31-13-16-34(37-11-7-20-50-46(31)37)29-53(28-33-8-6-9-36(24-33)54-23-21-49-30-54)22-19-32-14-17-35(18-15-32)51-47(56)39-25-43(58-2)44(59-3)26-40(39)52-48(57)45-27-41(55)38-10-4-5-12-42(38)60-45/h4-18,20-21,23-27,30H,19,22,28-29H2,1-3H3,(H,51,56)(H,52,57). The maximum atomic E-state index is 13.9. The molecule has 0 radical (unpaired) electrons. The minimum atomic E-state index is -0.712. The third-order valence-electron chi connectivity index (χ3n) is 10.4. The highest BCUT2D eigenvalue weighted by molar-refractivity contribution is 6.12. The molecule has 2 N–H and O–H groups in total. The minimum absolute atomic E-state index is 0.111. The third kappa shape index (κ3) is 8.64. The smallest absolute Gasteiger partial charge is 0.291 e. The fraction of sp³-hybridized carbons (Fsp3) is 0.146. The number of rotatable bonds is 14. The molecule has 0 spiro atoms. The summed E-state index contributed by atoms with van der Waals surface area (Å²) in [5.41, 5.74) is 7.40. The summed E-state index contributed by atoms with van der Waals surface area (Å²) in [5, 5.41) is 7.17. The molecule has 8 rings (SSSR count). The number of methoxy groups -OCH3 is 2. The number of amides is 2. The first-order chi connectivity index (χ1) is 29.3. The molecule has 8 aromatic rings. The molecule has 0 aliphatic carbocycles. The summed E-state index contributed by atoms with van der Waals surface area (Å²) in [5.74, 6) is -0.832. The first kappa shape index (κ1) is 39.3. The van der Waals surface area contributed by atoms with E-state index in [2.05, 4.69) is 74.9 Å². The van der Waals surface area contributed by atoms with Gasteiger partial charge in [-0.1, -0.05) is 54.6 Å². The number of aryl methyl sites for hydroxylation is 1. The average Bonchev–Trinajstić information content (AvgIpc) is 3.83. The van der Waals surface area contributed by atoms with Gasteiger partial charge in [0, 0.05) is 67.1 Å². The van der Waals surface area contributed by atoms with Crippen LogP contribution in [-0.2, 0) is 19.5 Å². The van der Waals surface area contributed by atoms with Crippen LogP contribution in [0.2, 0.25) is 0 Å². The number of nitrogens with zero attached hydrogens (tertiary/aromatic N) is 4. The average molecular weight is 799 g/mol. The predicted molar refractivity (Wildman–Crippen MR) is 232 cm³/mol. The van der Waals surface area contributed by atoms with Crippen molar-refractivity contribution in [2.45, 2.75) is 26.4 Å². The molecular weight excluding hydrogens is 757 g/mol. The van der Waals surface area contributed by atoms with Gasteiger partial charge >= 0.3 is 0 Å². The van der Waals surface area contributed by atoms with Crippen molar-refractivity contribution in [1.82, 2.24) is 19.4 Å². The molecule has 0 saturated carbocycles. The van der Waals surface area contributed by atoms with E-state index in [0.29, 0.717) is 22.6 Å². The van der Waals surface area contributed by atoms with Crippen molar-refractivity contribution < 1.29 is 23.5 Å². The Hall–Kier alpha value is -7.57. The van der Waals surface area contributed by atoms with Gasteiger partial charge < -0.3 is 29.1 Å². The Kier molecular flexibility index (Phi) is 11.5. The Labute approximate surface area is 346 Å². The number of anilines is 2. The van der Waals surface area contributed by atoms with Crippen LogP contribution in [-0.4, -0.2) is 52.0 Å². The number of nitrogens with one attached hydrogen (secondary N) is 2. The molecule has 3 aromatic heterocycles. The maximum absolute atomic E-state index is 13.9. The zero-order valence-corrected chi connectivity index (χ0v) is 33.3. The molecule has 12 heteroatoms. The Morgan fingerprint density at radius 3 is 2.37 bits per heavy atom. The number of carbonyl (C=O) groups excluding carboxylic acids is 2. The van der Waals surface area contributed by atoms with Crippen molar-refractivity contribution in [2.75, 3.05) is 31.4 Å². The fourth-order valence-electron chi connectivity index (χ4n) is 7.26. The van der Waals surface area contributed by atoms with Crippen LogP contribution < -0.4 is 25.5 Å². The summed E-state index contributed by atoms with van der Waals surface area (Å²) < 4.78 is 18.7. The van der Waals surface area contributed by atoms with Crippen molar-refractivity contribution in [3.63, 3.8) is 0 Å². The second-order valence-electron chi connectivity index (χ2n) is 14.4. The van der Waals surface area contributed by atoms with Gasteiger partial charge in [-0.25, -0.2) is 4.98 Å². The fourth-order valence-corrected chi connectivity index (χ4v) is 7.26. The number of pyridine rings is 1. The summed E-state index contributed by atoms with van der Waals surface area (Å²) in [6.45, 7) is 4.31. The van der Waals surface area contributed by atoms with Crippen LogP contribution in [0, 0.1) is 6.92 Å². The van der Waals surface area contributed by atoms with Gasteiger partial charge in [-0.2, -0.15) is 0 Å². The molecule has 60 heavy (non-hydrogen) atoms. The molecule has 0 atom stereocenters. The summed E-state index contributed by atoms with van der Waals surface area (Å²) in [7, 11) is 2.91. The van der Waals surface area contributed by atoms with Gasteiger partial charge in [0.25, 0.3) is 11.8 Å². The first-order valence-corrected chi connectivity index (χ1v) is 19.4. The van der Waals surface area contributed by atoms with Gasteiger partial charge in [0.15, 0.2) is 22.7 Å². The maximum Gasteiger partial charge on any atom is 0.291 e. The predicted octanol–water partition coefficient (Wildman–Crippen LogP) is 8.60. The Balaban J connectivity index is 0.997. The zero-order chi connectivity index (χ0) is 41.6. The largest absolute Gasteiger partial charge is 0.493 e. The van der Waals surface area contributed by atoms with E-state index in [4.69, 9.17) is 13.9 Å². The van der Waals surface area contributed by atoms with Gasteiger partial charge in [0.05, 0.1) is 42.7 Å². The molecular formula is C48H42N6O6. The van der Waals surface area contributed by atoms with Crippen LogP contribution in [0.5, 0.6) is 11.5 Å². The first-order valence-electron chi connectivity index (χ1n) is 19.4. The van der Waals surface area contributed by atoms with Crippen LogP contribution in [0.1, 0.15) is 43.2 Å². The molecule has 0 aliphatic rings. The van der Waals surface area contributed by atoms with E-state index in [1.54, 1.807) is 36.8 Å². The Bertz CT molecular complexity index is 2890. The van der Waals surface area contributed by atoms with E-state index < -0.39 is 11.8 Å². The van der Waals surface area contributed by atoms with Crippen molar-refractivity contribution in [3.8, 4) is 17.2 Å². The Morgan fingerprint density at radius 1 is 0.767 bits per heavy atom. The lowest BCUT2D eigenvalue weighted by atomic mass is 10.0. The highest BCUT2D eigenvalue weighted by Crippen LogP contribution is 2.34. The van der Waals surface area contributed by atoms with E-state index in [0.717, 1.165) is 59.8 Å². The number of fused-ring (bicyclic) bond motifs is 2. The molecule has 0 unspecified atom stereocenters. The van der Waals surface area contributed by atoms with Crippen LogP contribution in [0.4, 0.5) is 11.4 Å². The lowest BCUT2D eigenvalue weighted by Gasteiger charge is -2.24. The third-order valence-corrected chi connectivity index (χ3v) is 10.4. The van der Waals surface area contributed by atoms with Crippen LogP contribution in [0.3, 0.4) is 0 Å². The van der Waals surface area contributed by atoms with E-state index in [1.165, 1.54) is 37.5 Å². The van der Waals surface area contributed by atoms with Gasteiger partial charge in [0.2, 0.25) is 0 Å². The number of para-hydroxylation sites is 1. The van der Waals surface area contributed by atoms with Gasteiger partial charge in [-0.3, -0.25) is 24.3 Å². The summed E-state index contributed by atoms with van der Waals surface area (Å²) >= 11 is 0. The van der Waals surface area contributed by atoms with Gasteiger partial charge in [-0.15, -0.1) is 0 Å². The number of hydrogen-bond donors (Lipinski definition) is 2. The second-order valence-corrected chi connectivity index (χ2v) is 14.4. The minimum Gasteiger partial charge on any atom is -0.493 e. The highest BCUT2D eigenvalue weighted by Gasteiger charge is 2.21. The van der Waals surface area contributed by atoms with Crippen LogP contribution in [0.25, 0.3) is 27.6 Å². The summed E-state index contributed by atoms with van der Waals surface area (Å²) in [6, 6.07) is 35.4. The van der Waals surface area contributed by atoms with E-state index >= 15 is 0 Å². The number of ether oxygens (including phenoxy) is 2. The lowest BCUT2D eigenvalue weighted by molar-refractivity contribution is 0.0997. The molecule has 5 aromatic carbocycles. The second kappa shape index (κ2) is 17.5.